The van der Waals surface area contributed by atoms with Crippen molar-refractivity contribution in [2.45, 2.75) is 6.92 Å². The van der Waals surface area contributed by atoms with Crippen LogP contribution in [0.5, 0.6) is 0 Å². The third-order valence-corrected chi connectivity index (χ3v) is 2.00. The first-order valence-electron chi connectivity index (χ1n) is 3.21. The van der Waals surface area contributed by atoms with Gasteiger partial charge in [-0.05, 0) is 30.7 Å². The largest absolute Gasteiger partial charge is 0.755 e. The van der Waals surface area contributed by atoms with Crippen molar-refractivity contribution in [3.8, 4) is 0 Å². The van der Waals surface area contributed by atoms with Gasteiger partial charge in [0.1, 0.15) is 0 Å². The zero-order chi connectivity index (χ0) is 9.14. The van der Waals surface area contributed by atoms with Crippen molar-refractivity contribution in [2.24, 2.45) is 0 Å². The van der Waals surface area contributed by atoms with E-state index in [0.29, 0.717) is 10.7 Å². The van der Waals surface area contributed by atoms with Gasteiger partial charge in [0.25, 0.3) is 0 Å². The van der Waals surface area contributed by atoms with Crippen LogP contribution in [0.15, 0.2) is 18.2 Å². The fourth-order valence-electron chi connectivity index (χ4n) is 0.831. The van der Waals surface area contributed by atoms with Crippen molar-refractivity contribution in [1.29, 1.82) is 0 Å². The van der Waals surface area contributed by atoms with E-state index in [0.717, 1.165) is 5.56 Å². The van der Waals surface area contributed by atoms with Crippen LogP contribution in [0.4, 0.5) is 5.69 Å². The Morgan fingerprint density at radius 2 is 2.15 bits per heavy atom. The van der Waals surface area contributed by atoms with E-state index in [1.807, 2.05) is 0 Å². The second-order valence-electron chi connectivity index (χ2n) is 2.30. The van der Waals surface area contributed by atoms with E-state index in [-0.39, 0.29) is 29.6 Å². The minimum Gasteiger partial charge on any atom is -0.755 e. The monoisotopic (exact) mass is 227 g/mol. The molecule has 0 fully saturated rings. The van der Waals surface area contributed by atoms with E-state index in [1.165, 1.54) is 0 Å². The van der Waals surface area contributed by atoms with Gasteiger partial charge in [-0.2, -0.15) is 0 Å². The number of benzene rings is 1. The molecule has 0 aliphatic heterocycles. The topological polar surface area (TPSA) is 52.2 Å². The molecule has 1 N–H and O–H groups in total. The normalized spacial score (nSPS) is 11.6. The van der Waals surface area contributed by atoms with Crippen LogP contribution in [0, 0.1) is 6.92 Å². The molecule has 0 saturated heterocycles. The van der Waals surface area contributed by atoms with Gasteiger partial charge in [-0.3, -0.25) is 4.21 Å². The average molecular weight is 228 g/mol. The maximum Gasteiger partial charge on any atom is 0.0482 e. The molecule has 0 aliphatic carbocycles. The van der Waals surface area contributed by atoms with E-state index in [2.05, 4.69) is 4.72 Å². The van der Waals surface area contributed by atoms with E-state index >= 15 is 0 Å². The van der Waals surface area contributed by atoms with Crippen molar-refractivity contribution in [1.82, 2.24) is 0 Å². The van der Waals surface area contributed by atoms with Gasteiger partial charge in [-0.25, -0.2) is 0 Å². The maximum absolute atomic E-state index is 10.3. The number of aryl methyl sites for hydroxylation is 1. The minimum atomic E-state index is -2.28. The van der Waals surface area contributed by atoms with E-state index in [9.17, 15) is 8.76 Å². The number of hydrogen-bond donors (Lipinski definition) is 1. The first kappa shape index (κ1) is 13.4. The van der Waals surface area contributed by atoms with Crippen LogP contribution < -0.4 is 4.72 Å². The Morgan fingerprint density at radius 3 is 2.62 bits per heavy atom. The third kappa shape index (κ3) is 4.44. The summed E-state index contributed by atoms with van der Waals surface area (Å²) < 4.78 is 22.8. The molecule has 0 bridgehead atoms. The van der Waals surface area contributed by atoms with Crippen molar-refractivity contribution in [2.75, 3.05) is 4.72 Å². The van der Waals surface area contributed by atoms with Gasteiger partial charge in [0.05, 0.1) is 0 Å². The van der Waals surface area contributed by atoms with E-state index in [1.54, 1.807) is 25.1 Å². The first-order chi connectivity index (χ1) is 5.59. The first-order valence-corrected chi connectivity index (χ1v) is 4.67. The van der Waals surface area contributed by atoms with Crippen LogP contribution in [0.2, 0.25) is 5.02 Å². The molecule has 13 heavy (non-hydrogen) atoms. The molecule has 0 aliphatic rings. The molecule has 1 aromatic rings. The molecule has 1 aromatic carbocycles. The number of hydrogen-bond acceptors (Lipinski definition) is 2. The SMILES string of the molecule is Cc1cc(Cl)ccc1NS(=O)[O-].[Na]. The third-order valence-electron chi connectivity index (χ3n) is 1.38. The summed E-state index contributed by atoms with van der Waals surface area (Å²) in [5.41, 5.74) is 1.35. The summed E-state index contributed by atoms with van der Waals surface area (Å²) in [5, 5.41) is 0.592. The summed E-state index contributed by atoms with van der Waals surface area (Å²) in [4.78, 5) is 0. The molecular weight excluding hydrogens is 221 g/mol. The standard InChI is InChI=1S/C7H8ClNO2S.Na/c1-5-4-6(8)2-3-7(5)9-12(10)11;/h2-4,9H,1H3,(H,10,11);/p-1. The Hall–Kier alpha value is 0.420. The predicted molar refractivity (Wildman–Crippen MR) is 54.5 cm³/mol. The van der Waals surface area contributed by atoms with Gasteiger partial charge in [-0.15, -0.1) is 0 Å². The molecule has 1 rings (SSSR count). The summed E-state index contributed by atoms with van der Waals surface area (Å²) in [6.45, 7) is 1.78. The molecule has 1 atom stereocenters. The van der Waals surface area contributed by atoms with Crippen LogP contribution >= 0.6 is 11.6 Å². The fraction of sp³-hybridized carbons (Fsp3) is 0.143. The quantitative estimate of drug-likeness (QED) is 0.615. The number of rotatable bonds is 2. The van der Waals surface area contributed by atoms with Gasteiger partial charge >= 0.3 is 0 Å². The molecule has 3 nitrogen and oxygen atoms in total. The fourth-order valence-corrected chi connectivity index (χ4v) is 1.47. The molecule has 0 spiro atoms. The minimum absolute atomic E-state index is 0. The van der Waals surface area contributed by atoms with Crippen molar-refractivity contribution < 1.29 is 8.76 Å². The van der Waals surface area contributed by atoms with Crippen molar-refractivity contribution in [3.05, 3.63) is 28.8 Å². The van der Waals surface area contributed by atoms with Gasteiger partial charge in [-0.1, -0.05) is 11.6 Å². The Labute approximate surface area is 107 Å². The molecule has 1 unspecified atom stereocenters. The van der Waals surface area contributed by atoms with Gasteiger partial charge in [0.2, 0.25) is 0 Å². The summed E-state index contributed by atoms with van der Waals surface area (Å²) in [5.74, 6) is 0. The van der Waals surface area contributed by atoms with Gasteiger partial charge < -0.3 is 9.27 Å². The zero-order valence-electron chi connectivity index (χ0n) is 7.33. The Morgan fingerprint density at radius 1 is 1.54 bits per heavy atom. The Kier molecular flexibility index (Phi) is 6.20. The summed E-state index contributed by atoms with van der Waals surface area (Å²) in [6, 6.07) is 4.94. The summed E-state index contributed by atoms with van der Waals surface area (Å²) >= 11 is 3.40. The van der Waals surface area contributed by atoms with Gasteiger partial charge in [0.15, 0.2) is 0 Å². The Balaban J connectivity index is 0.00000144. The Bertz CT molecular complexity index is 321. The number of nitrogens with one attached hydrogen (secondary N) is 1. The molecule has 1 radical (unpaired) electrons. The summed E-state index contributed by atoms with van der Waals surface area (Å²) in [6.07, 6.45) is 0. The number of halogens is 1. The summed E-state index contributed by atoms with van der Waals surface area (Å²) in [7, 11) is 0. The van der Waals surface area contributed by atoms with Crippen LogP contribution in [0.1, 0.15) is 5.56 Å². The zero-order valence-corrected chi connectivity index (χ0v) is 10.9. The number of anilines is 1. The van der Waals surface area contributed by atoms with Crippen LogP contribution in [0.25, 0.3) is 0 Å². The van der Waals surface area contributed by atoms with Crippen LogP contribution in [-0.4, -0.2) is 38.3 Å². The predicted octanol–water partition coefficient (Wildman–Crippen LogP) is 1.47. The average Bonchev–Trinajstić information content (AvgIpc) is 1.94. The molecule has 6 heteroatoms. The molecule has 0 saturated carbocycles. The van der Waals surface area contributed by atoms with E-state index in [4.69, 9.17) is 11.6 Å². The molecule has 0 amide bonds. The molecule has 67 valence electrons. The van der Waals surface area contributed by atoms with Crippen molar-refractivity contribution >= 4 is 58.1 Å². The van der Waals surface area contributed by atoms with Crippen molar-refractivity contribution in [3.63, 3.8) is 0 Å². The van der Waals surface area contributed by atoms with Crippen LogP contribution in [0.3, 0.4) is 0 Å². The molecule has 0 aromatic heterocycles. The smallest absolute Gasteiger partial charge is 0.0482 e. The van der Waals surface area contributed by atoms with E-state index < -0.39 is 11.3 Å². The second kappa shape index (κ2) is 6.01. The second-order valence-corrected chi connectivity index (χ2v) is 3.41. The van der Waals surface area contributed by atoms with Crippen LogP contribution in [-0.2, 0) is 11.3 Å². The van der Waals surface area contributed by atoms with Gasteiger partial charge in [0, 0.05) is 51.5 Å². The maximum atomic E-state index is 10.3. The molecule has 0 heterocycles. The molecular formula is C7H7ClNNaO2S-.